The third-order valence-electron chi connectivity index (χ3n) is 2.26. The molecule has 0 aliphatic carbocycles. The van der Waals surface area contributed by atoms with Crippen LogP contribution in [0.25, 0.3) is 10.4 Å². The molecule has 0 fully saturated rings. The van der Waals surface area contributed by atoms with E-state index in [1.54, 1.807) is 12.3 Å². The van der Waals surface area contributed by atoms with Crippen LogP contribution in [0.2, 0.25) is 0 Å². The lowest BCUT2D eigenvalue weighted by molar-refractivity contribution is -0.139. The Bertz CT molecular complexity index is 442. The maximum absolute atomic E-state index is 11.1. The summed E-state index contributed by atoms with van der Waals surface area (Å²) in [6, 6.07) is 0.915. The summed E-state index contributed by atoms with van der Waals surface area (Å²) in [7, 11) is 0. The van der Waals surface area contributed by atoms with Crippen molar-refractivity contribution in [1.82, 2.24) is 10.3 Å². The zero-order chi connectivity index (χ0) is 12.7. The van der Waals surface area contributed by atoms with Crippen LogP contribution in [0.3, 0.4) is 0 Å². The van der Waals surface area contributed by atoms with Gasteiger partial charge in [-0.15, -0.1) is 0 Å². The van der Waals surface area contributed by atoms with Gasteiger partial charge in [0.15, 0.2) is 0 Å². The van der Waals surface area contributed by atoms with Gasteiger partial charge in [-0.05, 0) is 24.1 Å². The van der Waals surface area contributed by atoms with E-state index < -0.39 is 12.0 Å². The Kier molecular flexibility index (Phi) is 4.93. The zero-order valence-electron chi connectivity index (χ0n) is 9.37. The van der Waals surface area contributed by atoms with Gasteiger partial charge in [0.05, 0.1) is 0 Å². The molecule has 0 amide bonds. The van der Waals surface area contributed by atoms with Crippen LogP contribution in [0.15, 0.2) is 23.6 Å². The number of carboxylic acid groups (broad SMARTS) is 1. The van der Waals surface area contributed by atoms with Crippen LogP contribution < -0.4 is 5.32 Å². The maximum atomic E-state index is 11.1. The van der Waals surface area contributed by atoms with Gasteiger partial charge in [-0.3, -0.25) is 9.78 Å². The first-order valence-corrected chi connectivity index (χ1v) is 5.04. The third kappa shape index (κ3) is 3.75. The average molecular weight is 235 g/mol. The van der Waals surface area contributed by atoms with Crippen LogP contribution in [-0.4, -0.2) is 29.1 Å². The van der Waals surface area contributed by atoms with Crippen LogP contribution >= 0.6 is 0 Å². The second-order valence-corrected chi connectivity index (χ2v) is 3.41. The number of nitrogens with zero attached hydrogens (tertiary/aromatic N) is 4. The van der Waals surface area contributed by atoms with Crippen molar-refractivity contribution < 1.29 is 9.90 Å². The summed E-state index contributed by atoms with van der Waals surface area (Å²) in [5.41, 5.74) is 9.57. The highest BCUT2D eigenvalue weighted by molar-refractivity contribution is 5.75. The number of nitrogens with one attached hydrogen (secondary N) is 1. The molecule has 1 rings (SSSR count). The van der Waals surface area contributed by atoms with Crippen LogP contribution in [0, 0.1) is 6.92 Å². The van der Waals surface area contributed by atoms with Crippen LogP contribution in [0.4, 0.5) is 0 Å². The summed E-state index contributed by atoms with van der Waals surface area (Å²) in [4.78, 5) is 17.6. The van der Waals surface area contributed by atoms with Gasteiger partial charge in [0, 0.05) is 36.0 Å². The number of pyridine rings is 1. The molecule has 1 atom stereocenters. The predicted molar refractivity (Wildman–Crippen MR) is 61.4 cm³/mol. The molecule has 0 bridgehead atoms. The fraction of sp³-hybridized carbons (Fsp3) is 0.400. The standard InChI is InChI=1S/C10H13N5O2/c1-7-2-3-12-6-8(7)9(10(16)17)13-4-5-14-15-11/h2-3,6,9,13H,4-5H2,1H3,(H,16,17). The number of carboxylic acids is 1. The molecule has 0 aliphatic rings. The normalized spacial score (nSPS) is 11.6. The fourth-order valence-corrected chi connectivity index (χ4v) is 1.41. The molecule has 2 N–H and O–H groups in total. The number of hydrogen-bond acceptors (Lipinski definition) is 4. The lowest BCUT2D eigenvalue weighted by Gasteiger charge is -2.15. The van der Waals surface area contributed by atoms with E-state index in [0.29, 0.717) is 12.1 Å². The van der Waals surface area contributed by atoms with Crippen LogP contribution in [-0.2, 0) is 4.79 Å². The van der Waals surface area contributed by atoms with Gasteiger partial charge in [-0.1, -0.05) is 5.11 Å². The Labute approximate surface area is 98.1 Å². The Hall–Kier alpha value is -2.11. The fourth-order valence-electron chi connectivity index (χ4n) is 1.41. The summed E-state index contributed by atoms with van der Waals surface area (Å²) in [5, 5.41) is 15.2. The van der Waals surface area contributed by atoms with Crippen molar-refractivity contribution in [1.29, 1.82) is 0 Å². The molecule has 0 saturated carbocycles. The van der Waals surface area contributed by atoms with Gasteiger partial charge < -0.3 is 10.4 Å². The third-order valence-corrected chi connectivity index (χ3v) is 2.26. The van der Waals surface area contributed by atoms with E-state index in [9.17, 15) is 4.79 Å². The molecule has 1 aromatic heterocycles. The minimum absolute atomic E-state index is 0.208. The Balaban J connectivity index is 2.76. The van der Waals surface area contributed by atoms with Crippen molar-refractivity contribution in [2.24, 2.45) is 5.11 Å². The van der Waals surface area contributed by atoms with E-state index in [2.05, 4.69) is 20.3 Å². The molecule has 0 saturated heterocycles. The molecule has 1 heterocycles. The highest BCUT2D eigenvalue weighted by Crippen LogP contribution is 2.16. The number of aromatic nitrogens is 1. The molecule has 7 heteroatoms. The molecule has 0 aromatic carbocycles. The second-order valence-electron chi connectivity index (χ2n) is 3.41. The van der Waals surface area contributed by atoms with E-state index in [1.165, 1.54) is 6.20 Å². The molecule has 0 spiro atoms. The molecule has 1 unspecified atom stereocenters. The summed E-state index contributed by atoms with van der Waals surface area (Å²) in [5.74, 6) is -0.984. The molecule has 1 aromatic rings. The maximum Gasteiger partial charge on any atom is 0.325 e. The van der Waals surface area contributed by atoms with Gasteiger partial charge in [0.25, 0.3) is 0 Å². The quantitative estimate of drug-likeness (QED) is 0.336. The van der Waals surface area contributed by atoms with Crippen molar-refractivity contribution in [2.45, 2.75) is 13.0 Å². The minimum atomic E-state index is -0.984. The lowest BCUT2D eigenvalue weighted by Crippen LogP contribution is -2.31. The van der Waals surface area contributed by atoms with E-state index in [-0.39, 0.29) is 6.54 Å². The average Bonchev–Trinajstić information content (AvgIpc) is 2.30. The van der Waals surface area contributed by atoms with Crippen LogP contribution in [0.5, 0.6) is 0 Å². The number of carbonyl (C=O) groups is 1. The number of hydrogen-bond donors (Lipinski definition) is 2. The molecule has 7 nitrogen and oxygen atoms in total. The van der Waals surface area contributed by atoms with Gasteiger partial charge >= 0.3 is 5.97 Å². The van der Waals surface area contributed by atoms with Crippen molar-refractivity contribution in [3.63, 3.8) is 0 Å². The smallest absolute Gasteiger partial charge is 0.325 e. The molecule has 17 heavy (non-hydrogen) atoms. The predicted octanol–water partition coefficient (Wildman–Crippen LogP) is 1.42. The van der Waals surface area contributed by atoms with Crippen molar-refractivity contribution >= 4 is 5.97 Å². The number of aliphatic carboxylic acids is 1. The second kappa shape index (κ2) is 6.47. The van der Waals surface area contributed by atoms with Crippen molar-refractivity contribution in [2.75, 3.05) is 13.1 Å². The first-order valence-electron chi connectivity index (χ1n) is 5.04. The first kappa shape index (κ1) is 13.0. The SMILES string of the molecule is Cc1ccncc1C(NCCN=[N+]=[N-])C(=O)O. The van der Waals surface area contributed by atoms with Gasteiger partial charge in [-0.2, -0.15) is 0 Å². The summed E-state index contributed by atoms with van der Waals surface area (Å²) >= 11 is 0. The summed E-state index contributed by atoms with van der Waals surface area (Å²) in [6.07, 6.45) is 3.13. The van der Waals surface area contributed by atoms with Crippen LogP contribution in [0.1, 0.15) is 17.2 Å². The van der Waals surface area contributed by atoms with E-state index in [4.69, 9.17) is 10.6 Å². The topological polar surface area (TPSA) is 111 Å². The van der Waals surface area contributed by atoms with E-state index in [0.717, 1.165) is 5.56 Å². The zero-order valence-corrected chi connectivity index (χ0v) is 9.37. The largest absolute Gasteiger partial charge is 0.480 e. The Morgan fingerprint density at radius 3 is 3.12 bits per heavy atom. The minimum Gasteiger partial charge on any atom is -0.480 e. The first-order chi connectivity index (χ1) is 8.16. The molecular weight excluding hydrogens is 222 g/mol. The Morgan fingerprint density at radius 1 is 1.76 bits per heavy atom. The van der Waals surface area contributed by atoms with Gasteiger partial charge in [-0.25, -0.2) is 0 Å². The monoisotopic (exact) mass is 235 g/mol. The van der Waals surface area contributed by atoms with Crippen molar-refractivity contribution in [3.8, 4) is 0 Å². The van der Waals surface area contributed by atoms with E-state index in [1.807, 2.05) is 6.92 Å². The van der Waals surface area contributed by atoms with E-state index >= 15 is 0 Å². The molecular formula is C10H13N5O2. The number of rotatable bonds is 6. The summed E-state index contributed by atoms with van der Waals surface area (Å²) in [6.45, 7) is 2.33. The number of azide groups is 1. The van der Waals surface area contributed by atoms with Gasteiger partial charge in [0.2, 0.25) is 0 Å². The number of aryl methyl sites for hydroxylation is 1. The van der Waals surface area contributed by atoms with Crippen molar-refractivity contribution in [3.05, 3.63) is 40.0 Å². The lowest BCUT2D eigenvalue weighted by atomic mass is 10.0. The molecule has 90 valence electrons. The summed E-state index contributed by atoms with van der Waals surface area (Å²) < 4.78 is 0. The highest BCUT2D eigenvalue weighted by atomic mass is 16.4. The molecule has 0 aliphatic heterocycles. The Morgan fingerprint density at radius 2 is 2.53 bits per heavy atom. The molecule has 0 radical (unpaired) electrons. The highest BCUT2D eigenvalue weighted by Gasteiger charge is 2.20. The van der Waals surface area contributed by atoms with Gasteiger partial charge in [0.1, 0.15) is 6.04 Å².